The minimum Gasteiger partial charge on any atom is -0.0628 e. The summed E-state index contributed by atoms with van der Waals surface area (Å²) in [6.45, 7) is 14.3. The Kier molecular flexibility index (Phi) is 10.1. The van der Waals surface area contributed by atoms with E-state index in [-0.39, 0.29) is 5.41 Å². The molecular formula is C35H48. The molecule has 2 radical (unpaired) electrons. The van der Waals surface area contributed by atoms with E-state index in [4.69, 9.17) is 6.42 Å². The van der Waals surface area contributed by atoms with Crippen molar-refractivity contribution >= 4 is 0 Å². The molecule has 2 aromatic carbocycles. The maximum absolute atomic E-state index is 7.80. The smallest absolute Gasteiger partial charge is 0.0259 e. The van der Waals surface area contributed by atoms with Crippen molar-refractivity contribution in [3.05, 3.63) is 65.6 Å². The third kappa shape index (κ3) is 7.03. The van der Waals surface area contributed by atoms with Crippen LogP contribution in [-0.2, 0) is 5.41 Å². The van der Waals surface area contributed by atoms with Crippen LogP contribution in [0.2, 0.25) is 0 Å². The second kappa shape index (κ2) is 12.8. The predicted molar refractivity (Wildman–Crippen MR) is 152 cm³/mol. The zero-order valence-corrected chi connectivity index (χ0v) is 23.3. The van der Waals surface area contributed by atoms with Crippen LogP contribution in [0.4, 0.5) is 0 Å². The second-order valence-electron chi connectivity index (χ2n) is 12.4. The van der Waals surface area contributed by atoms with E-state index in [1.165, 1.54) is 86.5 Å². The molecule has 2 aromatic rings. The molecule has 0 aromatic heterocycles. The Labute approximate surface area is 217 Å². The van der Waals surface area contributed by atoms with Crippen LogP contribution < -0.4 is 0 Å². The molecule has 2 unspecified atom stereocenters. The Hall–Kier alpha value is -2.00. The van der Waals surface area contributed by atoms with Gasteiger partial charge in [0.05, 0.1) is 0 Å². The Morgan fingerprint density at radius 3 is 1.86 bits per heavy atom. The van der Waals surface area contributed by atoms with Gasteiger partial charge in [-0.25, -0.2) is 0 Å². The van der Waals surface area contributed by atoms with Gasteiger partial charge in [0, 0.05) is 11.0 Å². The average molecular weight is 469 g/mol. The van der Waals surface area contributed by atoms with Gasteiger partial charge in [-0.15, -0.1) is 0 Å². The van der Waals surface area contributed by atoms with Crippen LogP contribution in [0.25, 0.3) is 11.1 Å². The molecule has 0 saturated heterocycles. The molecular weight excluding hydrogens is 420 g/mol. The Balaban J connectivity index is 1.87. The van der Waals surface area contributed by atoms with Gasteiger partial charge in [0.2, 0.25) is 0 Å². The van der Waals surface area contributed by atoms with Crippen molar-refractivity contribution in [2.75, 3.05) is 0 Å². The van der Waals surface area contributed by atoms with Gasteiger partial charge in [-0.1, -0.05) is 104 Å². The van der Waals surface area contributed by atoms with Gasteiger partial charge in [0.25, 0.3) is 0 Å². The van der Waals surface area contributed by atoms with Crippen molar-refractivity contribution in [2.45, 2.75) is 111 Å². The van der Waals surface area contributed by atoms with E-state index >= 15 is 0 Å². The van der Waals surface area contributed by atoms with Crippen molar-refractivity contribution in [1.29, 1.82) is 0 Å². The van der Waals surface area contributed by atoms with E-state index in [1.807, 2.05) is 0 Å². The van der Waals surface area contributed by atoms with E-state index in [0.717, 1.165) is 29.2 Å². The minimum atomic E-state index is 0.0356. The molecule has 2 atom stereocenters. The number of fused-ring (bicyclic) bond motifs is 3. The normalized spacial score (nSPS) is 18.4. The van der Waals surface area contributed by atoms with Crippen LogP contribution in [-0.4, -0.2) is 0 Å². The first-order valence-electron chi connectivity index (χ1n) is 14.3. The number of hydrogen-bond acceptors (Lipinski definition) is 0. The Bertz CT molecular complexity index is 946. The summed E-state index contributed by atoms with van der Waals surface area (Å²) >= 11 is 0. The molecule has 0 heterocycles. The zero-order chi connectivity index (χ0) is 25.4. The summed E-state index contributed by atoms with van der Waals surface area (Å²) in [5.74, 6) is 5.75. The van der Waals surface area contributed by atoms with Crippen molar-refractivity contribution < 1.29 is 0 Å². The van der Waals surface area contributed by atoms with Gasteiger partial charge in [-0.2, -0.15) is 0 Å². The predicted octanol–water partition coefficient (Wildman–Crippen LogP) is 10.2. The Morgan fingerprint density at radius 1 is 0.743 bits per heavy atom. The highest BCUT2D eigenvalue weighted by Gasteiger charge is 2.42. The number of hydrogen-bond donors (Lipinski definition) is 0. The topological polar surface area (TPSA) is 0 Å². The third-order valence-electron chi connectivity index (χ3n) is 8.43. The van der Waals surface area contributed by atoms with Gasteiger partial charge in [-0.05, 0) is 102 Å². The van der Waals surface area contributed by atoms with Crippen LogP contribution in [0.15, 0.2) is 36.4 Å². The molecule has 0 spiro atoms. The lowest BCUT2D eigenvalue weighted by Crippen LogP contribution is -2.27. The summed E-state index contributed by atoms with van der Waals surface area (Å²) in [7, 11) is 0. The molecule has 1 aliphatic carbocycles. The summed E-state index contributed by atoms with van der Waals surface area (Å²) in [4.78, 5) is 0. The highest BCUT2D eigenvalue weighted by Crippen LogP contribution is 2.54. The molecule has 0 N–H and O–H groups in total. The standard InChI is InChI=1S/C35H48/c1-8-30-19-20-32-31-17-9-10-18-33(31)35(34(32)25-30,23-21-28(6)15-11-13-26(2)3)24-22-29(7)16-12-14-27(4)5/h9,17-20,25-29H,11-16,21-24H2,2-7H3. The minimum absolute atomic E-state index is 0.0356. The lowest BCUT2D eigenvalue weighted by atomic mass is 9.69. The van der Waals surface area contributed by atoms with Crippen LogP contribution >= 0.6 is 0 Å². The number of rotatable bonds is 14. The van der Waals surface area contributed by atoms with Crippen LogP contribution in [0.3, 0.4) is 0 Å². The molecule has 1 aliphatic rings. The van der Waals surface area contributed by atoms with Crippen molar-refractivity contribution in [3.63, 3.8) is 0 Å². The molecule has 0 fully saturated rings. The summed E-state index contributed by atoms with van der Waals surface area (Å²) in [5.41, 5.74) is 6.60. The Morgan fingerprint density at radius 2 is 1.31 bits per heavy atom. The highest BCUT2D eigenvalue weighted by atomic mass is 14.5. The third-order valence-corrected chi connectivity index (χ3v) is 8.43. The molecule has 0 saturated carbocycles. The molecule has 35 heavy (non-hydrogen) atoms. The SMILES string of the molecule is [C]#Cc1ccc2c(c1)C(CCC(C)CCCC(C)C)(CCC(C)CCCC(C)C)c1c[c]ccc1-2. The molecule has 0 heteroatoms. The van der Waals surface area contributed by atoms with E-state index in [2.05, 4.69) is 89.9 Å². The first-order chi connectivity index (χ1) is 16.8. The fourth-order valence-electron chi connectivity index (χ4n) is 6.15. The maximum Gasteiger partial charge on any atom is 0.0259 e. The quantitative estimate of drug-likeness (QED) is 0.242. The molecule has 0 aliphatic heterocycles. The van der Waals surface area contributed by atoms with Gasteiger partial charge < -0.3 is 0 Å². The molecule has 3 rings (SSSR count). The van der Waals surface area contributed by atoms with Crippen molar-refractivity contribution in [2.24, 2.45) is 23.7 Å². The lowest BCUT2D eigenvalue weighted by Gasteiger charge is -2.34. The summed E-state index contributed by atoms with van der Waals surface area (Å²) in [6, 6.07) is 16.6. The van der Waals surface area contributed by atoms with Crippen LogP contribution in [0, 0.1) is 42.1 Å². The van der Waals surface area contributed by atoms with Gasteiger partial charge in [-0.3, -0.25) is 0 Å². The van der Waals surface area contributed by atoms with E-state index in [9.17, 15) is 0 Å². The summed E-state index contributed by atoms with van der Waals surface area (Å²) in [6.07, 6.45) is 20.7. The largest absolute Gasteiger partial charge is 0.0628 e. The first-order valence-corrected chi connectivity index (χ1v) is 14.3. The highest BCUT2D eigenvalue weighted by molar-refractivity contribution is 5.81. The van der Waals surface area contributed by atoms with Crippen LogP contribution in [0.5, 0.6) is 0 Å². The van der Waals surface area contributed by atoms with Gasteiger partial charge in [0.15, 0.2) is 0 Å². The molecule has 0 amide bonds. The lowest BCUT2D eigenvalue weighted by molar-refractivity contribution is 0.327. The molecule has 188 valence electrons. The molecule has 0 bridgehead atoms. The maximum atomic E-state index is 7.80. The summed E-state index contributed by atoms with van der Waals surface area (Å²) < 4.78 is 0. The van der Waals surface area contributed by atoms with Gasteiger partial charge >= 0.3 is 0 Å². The average Bonchev–Trinajstić information content (AvgIpc) is 3.10. The fraction of sp³-hybridized carbons (Fsp3) is 0.600. The molecule has 0 nitrogen and oxygen atoms in total. The second-order valence-corrected chi connectivity index (χ2v) is 12.4. The van der Waals surface area contributed by atoms with Crippen molar-refractivity contribution in [1.82, 2.24) is 0 Å². The van der Waals surface area contributed by atoms with E-state index in [0.29, 0.717) is 0 Å². The van der Waals surface area contributed by atoms with Gasteiger partial charge in [0.1, 0.15) is 0 Å². The summed E-state index contributed by atoms with van der Waals surface area (Å²) in [5, 5.41) is 0. The fourth-order valence-corrected chi connectivity index (χ4v) is 6.15. The van der Waals surface area contributed by atoms with Crippen LogP contribution in [0.1, 0.15) is 122 Å². The monoisotopic (exact) mass is 468 g/mol. The van der Waals surface area contributed by atoms with E-state index < -0.39 is 0 Å². The van der Waals surface area contributed by atoms with Crippen molar-refractivity contribution in [3.8, 4) is 17.0 Å². The van der Waals surface area contributed by atoms with E-state index in [1.54, 1.807) is 0 Å². The zero-order valence-electron chi connectivity index (χ0n) is 23.3. The first kappa shape index (κ1) is 27.6. The number of benzene rings is 2.